The van der Waals surface area contributed by atoms with Crippen LogP contribution in [0.5, 0.6) is 0 Å². The van der Waals surface area contributed by atoms with Crippen molar-refractivity contribution in [2.24, 2.45) is 23.7 Å². The Morgan fingerprint density at radius 1 is 0.923 bits per heavy atom. The van der Waals surface area contributed by atoms with Crippen molar-refractivity contribution in [3.8, 4) is 0 Å². The van der Waals surface area contributed by atoms with E-state index in [1.54, 1.807) is 41.7 Å². The van der Waals surface area contributed by atoms with Crippen LogP contribution in [0.15, 0.2) is 0 Å². The van der Waals surface area contributed by atoms with Gasteiger partial charge in [-0.15, -0.1) is 0 Å². The largest absolute Gasteiger partial charge is 0.458 e. The summed E-state index contributed by atoms with van der Waals surface area (Å²) < 4.78 is 88.6. The Hall–Kier alpha value is -2.49. The Balaban J connectivity index is 1.66. The van der Waals surface area contributed by atoms with E-state index >= 15 is 0 Å². The van der Waals surface area contributed by atoms with Gasteiger partial charge in [0.1, 0.15) is 32.9 Å². The molecule has 0 aromatic carbocycles. The molecule has 5 rings (SSSR count). The minimum absolute atomic E-state index is 0.0120. The van der Waals surface area contributed by atoms with Crippen molar-refractivity contribution in [2.75, 3.05) is 53.5 Å². The first-order valence-corrected chi connectivity index (χ1v) is 25.3. The quantitative estimate of drug-likeness (QED) is 0.143. The van der Waals surface area contributed by atoms with Crippen LogP contribution in [-0.2, 0) is 71.6 Å². The molecule has 5 aliphatic rings. The standard InChI is InChI=1S/C46H78N2O16S/c1-17-33-45(11)38(48(42(52)64-45)19-18-20-65(16,53)54)27(4)35(50)25(2)22-43(9,55-14)39(63-41-37(60-31(8)49)32(47(12)13)21-26(3)58-41)28(5)36(29(6)40(51)61-33)62-34-23-44(10,56-15)46(24-57-46)30(7)59-34/h25-30,32-34,36-39,41H,17-24H2,1-16H3/t25-,26-,27+,28+,29-,30+,32+,33-,34+,36+,37-,38-,39-,41+,43+,44-,45-,46-/m1/s1. The maximum Gasteiger partial charge on any atom is 0.410 e. The molecule has 0 bridgehead atoms. The molecule has 1 amide bonds. The van der Waals surface area contributed by atoms with Gasteiger partial charge in [-0.3, -0.25) is 14.4 Å². The third-order valence-corrected chi connectivity index (χ3v) is 16.2. The van der Waals surface area contributed by atoms with Crippen molar-refractivity contribution < 1.29 is 75.0 Å². The maximum absolute atomic E-state index is 15.0. The third-order valence-electron chi connectivity index (χ3n) is 15.2. The molecule has 1 spiro atoms. The van der Waals surface area contributed by atoms with Gasteiger partial charge in [0, 0.05) is 58.1 Å². The van der Waals surface area contributed by atoms with Crippen molar-refractivity contribution >= 4 is 33.7 Å². The van der Waals surface area contributed by atoms with Crippen LogP contribution in [0, 0.1) is 23.7 Å². The SMILES string of the molecule is CC[C@H]1OC(=O)[C@H](C)[C@@H](O[C@H]2C[C@@](C)(OC)[C@@]3(CO3)[C@H](C)O2)[C@H](C)[C@@H](O[C@@H]2O[C@H](C)C[C@H](N(C)C)[C@H]2OC(C)=O)[C@@](C)(OC)C[C@@H](C)C(=O)[C@H](C)[C@H]2N(CCCS(C)(=O)=O)C(=O)O[C@]12C. The highest BCUT2D eigenvalue weighted by atomic mass is 32.2. The lowest BCUT2D eigenvalue weighted by Crippen LogP contribution is -2.62. The van der Waals surface area contributed by atoms with Gasteiger partial charge in [-0.1, -0.05) is 27.7 Å². The summed E-state index contributed by atoms with van der Waals surface area (Å²) in [5, 5.41) is 0. The van der Waals surface area contributed by atoms with Gasteiger partial charge in [0.05, 0.1) is 60.4 Å². The molecule has 18 nitrogen and oxygen atoms in total. The number of ether oxygens (including phenoxy) is 10. The molecule has 5 saturated heterocycles. The highest BCUT2D eigenvalue weighted by Crippen LogP contribution is 2.52. The van der Waals surface area contributed by atoms with E-state index in [1.165, 1.54) is 18.9 Å². The molecule has 0 unspecified atom stereocenters. The number of cyclic esters (lactones) is 1. The van der Waals surface area contributed by atoms with E-state index in [0.717, 1.165) is 6.26 Å². The maximum atomic E-state index is 15.0. The summed E-state index contributed by atoms with van der Waals surface area (Å²) >= 11 is 0. The van der Waals surface area contributed by atoms with Crippen LogP contribution in [-0.4, -0.2) is 179 Å². The molecule has 0 N–H and O–H groups in total. The zero-order valence-electron chi connectivity index (χ0n) is 41.6. The number of rotatable bonds is 13. The van der Waals surface area contributed by atoms with Crippen molar-refractivity contribution in [3.05, 3.63) is 0 Å². The van der Waals surface area contributed by atoms with Crippen LogP contribution in [0.3, 0.4) is 0 Å². The lowest BCUT2D eigenvalue weighted by molar-refractivity contribution is -0.317. The fourth-order valence-corrected chi connectivity index (χ4v) is 12.0. The monoisotopic (exact) mass is 947 g/mol. The van der Waals surface area contributed by atoms with Crippen molar-refractivity contribution in [1.82, 2.24) is 9.80 Å². The molecule has 0 radical (unpaired) electrons. The summed E-state index contributed by atoms with van der Waals surface area (Å²) in [5.41, 5.74) is -4.33. The molecule has 5 aliphatic heterocycles. The predicted molar refractivity (Wildman–Crippen MR) is 236 cm³/mol. The number of Topliss-reactive ketones (excluding diaryl/α,β-unsaturated/α-hetero) is 1. The Morgan fingerprint density at radius 3 is 2.11 bits per heavy atom. The summed E-state index contributed by atoms with van der Waals surface area (Å²) in [7, 11) is 3.56. The summed E-state index contributed by atoms with van der Waals surface area (Å²) in [6.45, 7) is 19.9. The number of esters is 2. The fraction of sp³-hybridized carbons (Fsp3) is 0.913. The van der Waals surface area contributed by atoms with Crippen LogP contribution < -0.4 is 0 Å². The molecule has 65 heavy (non-hydrogen) atoms. The van der Waals surface area contributed by atoms with E-state index < -0.39 is 123 Å². The molecule has 18 atom stereocenters. The Labute approximate surface area is 386 Å². The van der Waals surface area contributed by atoms with Crippen LogP contribution in [0.25, 0.3) is 0 Å². The average molecular weight is 947 g/mol. The normalized spacial score (nSPS) is 44.3. The second-order valence-corrected chi connectivity index (χ2v) is 22.6. The first-order valence-electron chi connectivity index (χ1n) is 23.2. The lowest BCUT2D eigenvalue weighted by atomic mass is 9.73. The molecule has 374 valence electrons. The first-order chi connectivity index (χ1) is 30.1. The Kier molecular flexibility index (Phi) is 16.6. The minimum atomic E-state index is -3.38. The van der Waals surface area contributed by atoms with Crippen LogP contribution in [0.1, 0.15) is 108 Å². The topological polar surface area (TPSA) is 204 Å². The number of carbonyl (C=O) groups excluding carboxylic acids is 4. The van der Waals surface area contributed by atoms with E-state index in [2.05, 4.69) is 0 Å². The van der Waals surface area contributed by atoms with Crippen LogP contribution in [0.4, 0.5) is 4.79 Å². The van der Waals surface area contributed by atoms with Crippen LogP contribution in [0.2, 0.25) is 0 Å². The molecular formula is C46H78N2O16S. The molecule has 19 heteroatoms. The number of methoxy groups -OCH3 is 2. The van der Waals surface area contributed by atoms with E-state index in [1.807, 2.05) is 53.6 Å². The highest BCUT2D eigenvalue weighted by Gasteiger charge is 2.68. The van der Waals surface area contributed by atoms with E-state index in [4.69, 9.17) is 47.4 Å². The second-order valence-electron chi connectivity index (χ2n) is 20.3. The molecule has 5 heterocycles. The number of hydrogen-bond acceptors (Lipinski definition) is 17. The van der Waals surface area contributed by atoms with Gasteiger partial charge in [-0.05, 0) is 81.3 Å². The van der Waals surface area contributed by atoms with Gasteiger partial charge in [0.15, 0.2) is 24.3 Å². The van der Waals surface area contributed by atoms with Gasteiger partial charge in [0.2, 0.25) is 0 Å². The molecule has 0 aromatic heterocycles. The van der Waals surface area contributed by atoms with Crippen molar-refractivity contribution in [1.29, 1.82) is 0 Å². The number of likely N-dealkylation sites (N-methyl/N-ethyl adjacent to an activating group) is 1. The average Bonchev–Trinajstić information content (AvgIpc) is 3.99. The number of amides is 1. The van der Waals surface area contributed by atoms with E-state index in [9.17, 15) is 27.6 Å². The predicted octanol–water partition coefficient (Wildman–Crippen LogP) is 4.32. The lowest BCUT2D eigenvalue weighted by Gasteiger charge is -2.50. The van der Waals surface area contributed by atoms with Gasteiger partial charge in [0.25, 0.3) is 0 Å². The summed E-state index contributed by atoms with van der Waals surface area (Å²) in [6, 6.07) is -1.24. The number of hydrogen-bond donors (Lipinski definition) is 0. The number of nitrogens with zero attached hydrogens (tertiary/aromatic N) is 2. The first kappa shape index (κ1) is 53.5. The molecule has 0 saturated carbocycles. The number of carbonyl (C=O) groups is 4. The summed E-state index contributed by atoms with van der Waals surface area (Å²) in [6.07, 6.45) is -5.16. The van der Waals surface area contributed by atoms with Gasteiger partial charge in [-0.2, -0.15) is 0 Å². The van der Waals surface area contributed by atoms with E-state index in [0.29, 0.717) is 13.0 Å². The number of sulfone groups is 1. The molecule has 5 fully saturated rings. The van der Waals surface area contributed by atoms with Crippen molar-refractivity contribution in [3.63, 3.8) is 0 Å². The smallest absolute Gasteiger partial charge is 0.410 e. The number of ketones is 1. The zero-order chi connectivity index (χ0) is 48.8. The molecular weight excluding hydrogens is 869 g/mol. The second kappa shape index (κ2) is 20.2. The minimum Gasteiger partial charge on any atom is -0.458 e. The van der Waals surface area contributed by atoms with E-state index in [-0.39, 0.29) is 55.9 Å². The number of fused-ring (bicyclic) bond motifs is 1. The van der Waals surface area contributed by atoms with Crippen LogP contribution >= 0.6 is 0 Å². The molecule has 0 aliphatic carbocycles. The van der Waals surface area contributed by atoms with Gasteiger partial charge in [-0.25, -0.2) is 13.2 Å². The summed E-state index contributed by atoms with van der Waals surface area (Å²) in [4.78, 5) is 59.8. The fourth-order valence-electron chi connectivity index (χ4n) is 11.3. The zero-order valence-corrected chi connectivity index (χ0v) is 42.4. The number of epoxide rings is 1. The third kappa shape index (κ3) is 10.9. The highest BCUT2D eigenvalue weighted by molar-refractivity contribution is 7.90. The van der Waals surface area contributed by atoms with Crippen molar-refractivity contribution in [2.45, 2.75) is 192 Å². The summed E-state index contributed by atoms with van der Waals surface area (Å²) in [5.74, 6) is -4.98. The van der Waals surface area contributed by atoms with Gasteiger partial charge >= 0.3 is 18.0 Å². The Bertz CT molecular complexity index is 1830. The Morgan fingerprint density at radius 2 is 1.57 bits per heavy atom. The van der Waals surface area contributed by atoms with Gasteiger partial charge < -0.3 is 57.2 Å². The molecule has 0 aromatic rings.